The molecule has 5 nitrogen and oxygen atoms in total. The summed E-state index contributed by atoms with van der Waals surface area (Å²) in [4.78, 5) is 17.6. The highest BCUT2D eigenvalue weighted by atomic mass is 16.5. The molecule has 17 heavy (non-hydrogen) atoms. The van der Waals surface area contributed by atoms with Crippen molar-refractivity contribution in [2.45, 2.75) is 19.9 Å². The van der Waals surface area contributed by atoms with Crippen LogP contribution in [0.1, 0.15) is 19.0 Å². The molecule has 1 amide bonds. The Labute approximate surface area is 101 Å². The highest BCUT2D eigenvalue weighted by Gasteiger charge is 2.21. The second kappa shape index (κ2) is 5.03. The Bertz CT molecular complexity index is 437. The van der Waals surface area contributed by atoms with Gasteiger partial charge in [-0.15, -0.1) is 0 Å². The molecular formula is C12H17N3O2. The lowest BCUT2D eigenvalue weighted by Gasteiger charge is -2.24. The highest BCUT2D eigenvalue weighted by Crippen LogP contribution is 2.12. The first-order valence-corrected chi connectivity index (χ1v) is 5.82. The third-order valence-corrected chi connectivity index (χ3v) is 2.66. The molecule has 1 aromatic heterocycles. The van der Waals surface area contributed by atoms with Crippen molar-refractivity contribution in [1.82, 2.24) is 14.5 Å². The number of hydrogen-bond acceptors (Lipinski definition) is 3. The first kappa shape index (κ1) is 11.7. The zero-order valence-corrected chi connectivity index (χ0v) is 10.2. The fourth-order valence-corrected chi connectivity index (χ4v) is 1.71. The molecule has 0 N–H and O–H groups in total. The van der Waals surface area contributed by atoms with Crippen LogP contribution in [0.3, 0.4) is 0 Å². The lowest BCUT2D eigenvalue weighted by atomic mass is 10.3. The van der Waals surface area contributed by atoms with Gasteiger partial charge in [-0.05, 0) is 6.42 Å². The van der Waals surface area contributed by atoms with Crippen molar-refractivity contribution in [1.29, 1.82) is 0 Å². The van der Waals surface area contributed by atoms with Crippen LogP contribution >= 0.6 is 0 Å². The van der Waals surface area contributed by atoms with E-state index in [0.29, 0.717) is 18.9 Å². The maximum atomic E-state index is 11.8. The number of carbonyl (C=O) groups is 1. The Morgan fingerprint density at radius 1 is 1.59 bits per heavy atom. The van der Waals surface area contributed by atoms with E-state index in [4.69, 9.17) is 4.74 Å². The Hall–Kier alpha value is -1.78. The quantitative estimate of drug-likeness (QED) is 0.738. The Kier molecular flexibility index (Phi) is 3.46. The van der Waals surface area contributed by atoms with Gasteiger partial charge in [0.1, 0.15) is 6.61 Å². The number of amides is 1. The summed E-state index contributed by atoms with van der Waals surface area (Å²) in [6.45, 7) is 4.23. The van der Waals surface area contributed by atoms with Crippen LogP contribution in [0.5, 0.6) is 0 Å². The molecule has 1 saturated heterocycles. The number of imidazole rings is 1. The second-order valence-corrected chi connectivity index (χ2v) is 4.12. The fourth-order valence-electron chi connectivity index (χ4n) is 1.71. The van der Waals surface area contributed by atoms with Crippen LogP contribution < -0.4 is 0 Å². The van der Waals surface area contributed by atoms with Gasteiger partial charge < -0.3 is 14.2 Å². The van der Waals surface area contributed by atoms with Crippen LogP contribution in [0, 0.1) is 0 Å². The van der Waals surface area contributed by atoms with Gasteiger partial charge in [-0.2, -0.15) is 0 Å². The van der Waals surface area contributed by atoms with Crippen LogP contribution in [-0.2, 0) is 16.1 Å². The van der Waals surface area contributed by atoms with Crippen molar-refractivity contribution in [2.75, 3.05) is 20.2 Å². The first-order chi connectivity index (χ1) is 8.20. The zero-order valence-electron chi connectivity index (χ0n) is 10.2. The van der Waals surface area contributed by atoms with E-state index in [-0.39, 0.29) is 5.91 Å². The standard InChI is InChI=1S/C12H17N3O2/c1-3-4-15-8-10(13-9-15)7-11-12(16)14(2)5-6-17-11/h7-9H,3-6H2,1-2H3. The van der Waals surface area contributed by atoms with E-state index in [1.165, 1.54) is 0 Å². The van der Waals surface area contributed by atoms with E-state index in [1.54, 1.807) is 24.4 Å². The average molecular weight is 235 g/mol. The van der Waals surface area contributed by atoms with E-state index in [0.717, 1.165) is 18.7 Å². The van der Waals surface area contributed by atoms with Crippen LogP contribution in [0.25, 0.3) is 6.08 Å². The van der Waals surface area contributed by atoms with Crippen molar-refractivity contribution < 1.29 is 9.53 Å². The summed E-state index contributed by atoms with van der Waals surface area (Å²) >= 11 is 0. The van der Waals surface area contributed by atoms with Crippen LogP contribution in [0.2, 0.25) is 0 Å². The maximum absolute atomic E-state index is 11.8. The molecule has 0 aliphatic carbocycles. The van der Waals surface area contributed by atoms with Gasteiger partial charge in [0.25, 0.3) is 5.91 Å². The maximum Gasteiger partial charge on any atom is 0.288 e. The number of aromatic nitrogens is 2. The Morgan fingerprint density at radius 2 is 2.41 bits per heavy atom. The summed E-state index contributed by atoms with van der Waals surface area (Å²) in [6.07, 6.45) is 6.45. The van der Waals surface area contributed by atoms with Crippen molar-refractivity contribution >= 4 is 12.0 Å². The third kappa shape index (κ3) is 2.67. The third-order valence-electron chi connectivity index (χ3n) is 2.66. The number of hydrogen-bond donors (Lipinski definition) is 0. The Balaban J connectivity index is 2.14. The number of aryl methyl sites for hydroxylation is 1. The average Bonchev–Trinajstić information content (AvgIpc) is 2.73. The van der Waals surface area contributed by atoms with E-state index in [1.807, 2.05) is 10.8 Å². The normalized spacial score (nSPS) is 18.6. The molecule has 2 rings (SSSR count). The van der Waals surface area contributed by atoms with Crippen molar-refractivity contribution in [3.05, 3.63) is 24.0 Å². The highest BCUT2D eigenvalue weighted by molar-refractivity contribution is 5.95. The molecule has 1 aliphatic rings. The lowest BCUT2D eigenvalue weighted by Crippen LogP contribution is -2.37. The molecule has 0 spiro atoms. The van der Waals surface area contributed by atoms with Gasteiger partial charge in [-0.3, -0.25) is 4.79 Å². The van der Waals surface area contributed by atoms with E-state index in [2.05, 4.69) is 11.9 Å². The molecule has 0 saturated carbocycles. The number of likely N-dealkylation sites (N-methyl/N-ethyl adjacent to an activating group) is 1. The molecule has 1 fully saturated rings. The summed E-state index contributed by atoms with van der Waals surface area (Å²) in [6, 6.07) is 0. The monoisotopic (exact) mass is 235 g/mol. The molecule has 1 aromatic rings. The van der Waals surface area contributed by atoms with Crippen molar-refractivity contribution in [3.8, 4) is 0 Å². The van der Waals surface area contributed by atoms with Crippen molar-refractivity contribution in [2.24, 2.45) is 0 Å². The second-order valence-electron chi connectivity index (χ2n) is 4.12. The fraction of sp³-hybridized carbons (Fsp3) is 0.500. The molecular weight excluding hydrogens is 218 g/mol. The SMILES string of the molecule is CCCn1cnc(C=C2OCCN(C)C2=O)c1. The molecule has 0 unspecified atom stereocenters. The number of ether oxygens (including phenoxy) is 1. The minimum absolute atomic E-state index is 0.0821. The number of nitrogens with zero attached hydrogens (tertiary/aromatic N) is 3. The minimum atomic E-state index is -0.0821. The molecule has 0 aromatic carbocycles. The summed E-state index contributed by atoms with van der Waals surface area (Å²) in [5, 5.41) is 0. The predicted octanol–water partition coefficient (Wildman–Crippen LogP) is 1.12. The van der Waals surface area contributed by atoms with Gasteiger partial charge in [0.05, 0.1) is 18.6 Å². The van der Waals surface area contributed by atoms with Gasteiger partial charge in [0, 0.05) is 25.9 Å². The van der Waals surface area contributed by atoms with Gasteiger partial charge >= 0.3 is 0 Å². The predicted molar refractivity (Wildman–Crippen MR) is 64.1 cm³/mol. The first-order valence-electron chi connectivity index (χ1n) is 5.82. The molecule has 5 heteroatoms. The number of morpholine rings is 1. The van der Waals surface area contributed by atoms with Gasteiger partial charge in [-0.25, -0.2) is 4.98 Å². The smallest absolute Gasteiger partial charge is 0.288 e. The van der Waals surface area contributed by atoms with E-state index >= 15 is 0 Å². The molecule has 2 heterocycles. The minimum Gasteiger partial charge on any atom is -0.486 e. The van der Waals surface area contributed by atoms with Crippen molar-refractivity contribution in [3.63, 3.8) is 0 Å². The molecule has 0 bridgehead atoms. The number of rotatable bonds is 3. The van der Waals surface area contributed by atoms with Crippen LogP contribution in [0.4, 0.5) is 0 Å². The van der Waals surface area contributed by atoms with Gasteiger partial charge in [0.2, 0.25) is 0 Å². The van der Waals surface area contributed by atoms with Gasteiger partial charge in [0.15, 0.2) is 5.76 Å². The molecule has 0 radical (unpaired) electrons. The lowest BCUT2D eigenvalue weighted by molar-refractivity contribution is -0.133. The molecule has 92 valence electrons. The number of carbonyl (C=O) groups excluding carboxylic acids is 1. The molecule has 1 aliphatic heterocycles. The largest absolute Gasteiger partial charge is 0.486 e. The van der Waals surface area contributed by atoms with Crippen LogP contribution in [0.15, 0.2) is 18.3 Å². The summed E-state index contributed by atoms with van der Waals surface area (Å²) in [7, 11) is 1.77. The van der Waals surface area contributed by atoms with E-state index in [9.17, 15) is 4.79 Å². The van der Waals surface area contributed by atoms with Crippen LogP contribution in [-0.4, -0.2) is 40.6 Å². The summed E-state index contributed by atoms with van der Waals surface area (Å²) in [5.41, 5.74) is 0.761. The Morgan fingerprint density at radius 3 is 3.18 bits per heavy atom. The van der Waals surface area contributed by atoms with Gasteiger partial charge in [-0.1, -0.05) is 6.92 Å². The summed E-state index contributed by atoms with van der Waals surface area (Å²) < 4.78 is 7.36. The molecule has 0 atom stereocenters. The summed E-state index contributed by atoms with van der Waals surface area (Å²) in [5.74, 6) is 0.293. The zero-order chi connectivity index (χ0) is 12.3. The topological polar surface area (TPSA) is 47.4 Å². The van der Waals surface area contributed by atoms with E-state index < -0.39 is 0 Å².